The Kier molecular flexibility index (Phi) is 6.61. The van der Waals surface area contributed by atoms with Crippen molar-refractivity contribution in [1.29, 1.82) is 0 Å². The molecule has 2 aliphatic rings. The molecule has 1 saturated carbocycles. The van der Waals surface area contributed by atoms with Crippen LogP contribution in [0, 0.1) is 17.5 Å². The van der Waals surface area contributed by atoms with Crippen molar-refractivity contribution in [2.24, 2.45) is 0 Å². The minimum absolute atomic E-state index is 0.0252. The van der Waals surface area contributed by atoms with Crippen molar-refractivity contribution in [3.63, 3.8) is 0 Å². The minimum Gasteiger partial charge on any atom is -0.497 e. The summed E-state index contributed by atoms with van der Waals surface area (Å²) in [6.45, 7) is 0.905. The Morgan fingerprint density at radius 3 is 2.21 bits per heavy atom. The summed E-state index contributed by atoms with van der Waals surface area (Å²) < 4.78 is 60.4. The molecule has 0 aromatic heterocycles. The number of hydrogen-bond donors (Lipinski definition) is 0. The summed E-state index contributed by atoms with van der Waals surface area (Å²) in [6, 6.07) is 15.4. The van der Waals surface area contributed by atoms with Gasteiger partial charge in [-0.2, -0.15) is 0 Å². The van der Waals surface area contributed by atoms with Gasteiger partial charge in [0.05, 0.1) is 26.4 Å². The van der Waals surface area contributed by atoms with Gasteiger partial charge in [-0.3, -0.25) is 0 Å². The van der Waals surface area contributed by atoms with Gasteiger partial charge in [0, 0.05) is 11.1 Å². The summed E-state index contributed by atoms with van der Waals surface area (Å²) in [5.41, 5.74) is 2.65. The van der Waals surface area contributed by atoms with Gasteiger partial charge in [-0.15, -0.1) is 0 Å². The zero-order valence-corrected chi connectivity index (χ0v) is 19.0. The lowest BCUT2D eigenvalue weighted by Crippen LogP contribution is -2.21. The van der Waals surface area contributed by atoms with Crippen molar-refractivity contribution in [1.82, 2.24) is 0 Å². The minimum atomic E-state index is -0.817. The van der Waals surface area contributed by atoms with E-state index in [0.29, 0.717) is 35.7 Å². The van der Waals surface area contributed by atoms with Crippen molar-refractivity contribution < 1.29 is 27.4 Å². The number of rotatable bonds is 7. The van der Waals surface area contributed by atoms with Gasteiger partial charge in [-0.25, -0.2) is 13.2 Å². The number of epoxide rings is 1. The molecule has 3 aromatic rings. The Bertz CT molecular complexity index is 1150. The van der Waals surface area contributed by atoms with E-state index in [1.165, 1.54) is 6.07 Å². The largest absolute Gasteiger partial charge is 0.497 e. The van der Waals surface area contributed by atoms with Gasteiger partial charge in [-0.1, -0.05) is 36.4 Å². The maximum Gasteiger partial charge on any atom is 0.166 e. The molecular weight excluding hydrogens is 441 g/mol. The first-order valence-electron chi connectivity index (χ1n) is 11.7. The molecule has 6 heteroatoms. The van der Waals surface area contributed by atoms with Crippen LogP contribution >= 0.6 is 0 Å². The number of hydrogen-bond acceptors (Lipinski definition) is 3. The van der Waals surface area contributed by atoms with Crippen molar-refractivity contribution in [3.8, 4) is 16.9 Å². The van der Waals surface area contributed by atoms with Crippen LogP contribution in [0.3, 0.4) is 0 Å². The molecule has 0 N–H and O–H groups in total. The standard InChI is InChI=1S/C28H27F3O3/c1-32-20-7-3-18(4-8-20)22-12-13-23(28(31)27(22)30)19-5-9-21(10-6-19)33-15-17-2-11-24(25(29)14-17)26-16-34-26/h2-4,7-8,11-14,19,21,26H,5-6,9-10,15-16H2,1H3. The third kappa shape index (κ3) is 4.84. The van der Waals surface area contributed by atoms with Gasteiger partial charge in [-0.05, 0) is 66.5 Å². The summed E-state index contributed by atoms with van der Waals surface area (Å²) in [7, 11) is 1.56. The fourth-order valence-corrected chi connectivity index (χ4v) is 4.78. The zero-order valence-electron chi connectivity index (χ0n) is 19.0. The maximum absolute atomic E-state index is 15.0. The normalized spacial score (nSPS) is 21.9. The van der Waals surface area contributed by atoms with Crippen LogP contribution in [0.4, 0.5) is 13.2 Å². The Balaban J connectivity index is 1.19. The fourth-order valence-electron chi connectivity index (χ4n) is 4.78. The Hall–Kier alpha value is -2.83. The Morgan fingerprint density at radius 1 is 0.853 bits per heavy atom. The first kappa shape index (κ1) is 22.9. The molecule has 34 heavy (non-hydrogen) atoms. The second-order valence-electron chi connectivity index (χ2n) is 9.02. The highest BCUT2D eigenvalue weighted by Gasteiger charge is 2.29. The zero-order chi connectivity index (χ0) is 23.7. The third-order valence-corrected chi connectivity index (χ3v) is 6.86. The Labute approximate surface area is 197 Å². The molecular formula is C28H27F3O3. The van der Waals surface area contributed by atoms with Gasteiger partial charge < -0.3 is 14.2 Å². The van der Waals surface area contributed by atoms with E-state index in [9.17, 15) is 8.78 Å². The lowest BCUT2D eigenvalue weighted by atomic mass is 9.82. The summed E-state index contributed by atoms with van der Waals surface area (Å²) in [5, 5.41) is 0. The number of benzene rings is 3. The average Bonchev–Trinajstić information content (AvgIpc) is 3.70. The van der Waals surface area contributed by atoms with Crippen LogP contribution in [0.2, 0.25) is 0 Å². The maximum atomic E-state index is 15.0. The number of ether oxygens (including phenoxy) is 3. The summed E-state index contributed by atoms with van der Waals surface area (Å²) in [5.74, 6) is -1.23. The van der Waals surface area contributed by atoms with E-state index >= 15 is 4.39 Å². The van der Waals surface area contributed by atoms with Gasteiger partial charge in [0.2, 0.25) is 0 Å². The highest BCUT2D eigenvalue weighted by atomic mass is 19.2. The lowest BCUT2D eigenvalue weighted by Gasteiger charge is -2.29. The van der Waals surface area contributed by atoms with E-state index in [4.69, 9.17) is 14.2 Å². The summed E-state index contributed by atoms with van der Waals surface area (Å²) in [6.07, 6.45) is 2.85. The van der Waals surface area contributed by atoms with Gasteiger partial charge >= 0.3 is 0 Å². The SMILES string of the molecule is COc1ccc(-c2ccc(C3CCC(OCc4ccc(C5CO5)c(F)c4)CC3)c(F)c2F)cc1. The van der Waals surface area contributed by atoms with Crippen LogP contribution in [-0.2, 0) is 16.1 Å². The molecule has 1 saturated heterocycles. The van der Waals surface area contributed by atoms with E-state index in [0.717, 1.165) is 31.2 Å². The van der Waals surface area contributed by atoms with Crippen molar-refractivity contribution in [2.45, 2.75) is 50.4 Å². The highest BCUT2D eigenvalue weighted by molar-refractivity contribution is 5.65. The molecule has 1 heterocycles. The second-order valence-corrected chi connectivity index (χ2v) is 9.02. The van der Waals surface area contributed by atoms with E-state index in [1.807, 2.05) is 6.07 Å². The summed E-state index contributed by atoms with van der Waals surface area (Å²) in [4.78, 5) is 0. The molecule has 0 radical (unpaired) electrons. The molecule has 1 atom stereocenters. The van der Waals surface area contributed by atoms with Crippen LogP contribution in [0.5, 0.6) is 5.75 Å². The van der Waals surface area contributed by atoms with E-state index in [-0.39, 0.29) is 29.5 Å². The van der Waals surface area contributed by atoms with Crippen LogP contribution in [0.15, 0.2) is 54.6 Å². The fraction of sp³-hybridized carbons (Fsp3) is 0.357. The van der Waals surface area contributed by atoms with Crippen molar-refractivity contribution in [2.75, 3.05) is 13.7 Å². The van der Waals surface area contributed by atoms with Gasteiger partial charge in [0.15, 0.2) is 11.6 Å². The van der Waals surface area contributed by atoms with Crippen LogP contribution in [0.1, 0.15) is 54.4 Å². The highest BCUT2D eigenvalue weighted by Crippen LogP contribution is 2.38. The molecule has 178 valence electrons. The topological polar surface area (TPSA) is 31.0 Å². The first-order chi connectivity index (χ1) is 16.5. The second kappa shape index (κ2) is 9.80. The lowest BCUT2D eigenvalue weighted by molar-refractivity contribution is 0.0130. The number of methoxy groups -OCH3 is 1. The summed E-state index contributed by atoms with van der Waals surface area (Å²) >= 11 is 0. The molecule has 0 amide bonds. The average molecular weight is 469 g/mol. The monoisotopic (exact) mass is 468 g/mol. The third-order valence-electron chi connectivity index (χ3n) is 6.86. The molecule has 0 bridgehead atoms. The van der Waals surface area contributed by atoms with E-state index in [1.54, 1.807) is 49.6 Å². The quantitative estimate of drug-likeness (QED) is 0.347. The first-order valence-corrected chi connectivity index (χ1v) is 11.7. The molecule has 3 aromatic carbocycles. The van der Waals surface area contributed by atoms with Crippen molar-refractivity contribution >= 4 is 0 Å². The van der Waals surface area contributed by atoms with E-state index in [2.05, 4.69) is 0 Å². The molecule has 5 rings (SSSR count). The predicted molar refractivity (Wildman–Crippen MR) is 123 cm³/mol. The van der Waals surface area contributed by atoms with Gasteiger partial charge in [0.25, 0.3) is 0 Å². The molecule has 2 fully saturated rings. The number of halogens is 3. The molecule has 1 aliphatic heterocycles. The van der Waals surface area contributed by atoms with Crippen LogP contribution < -0.4 is 4.74 Å². The Morgan fingerprint density at radius 2 is 1.56 bits per heavy atom. The van der Waals surface area contributed by atoms with Crippen LogP contribution in [0.25, 0.3) is 11.1 Å². The van der Waals surface area contributed by atoms with E-state index < -0.39 is 11.6 Å². The molecule has 3 nitrogen and oxygen atoms in total. The smallest absolute Gasteiger partial charge is 0.166 e. The molecule has 0 spiro atoms. The van der Waals surface area contributed by atoms with Gasteiger partial charge in [0.1, 0.15) is 17.7 Å². The molecule has 1 aliphatic carbocycles. The predicted octanol–water partition coefficient (Wildman–Crippen LogP) is 7.09. The van der Waals surface area contributed by atoms with Crippen molar-refractivity contribution in [3.05, 3.63) is 88.7 Å². The van der Waals surface area contributed by atoms with Crippen LogP contribution in [-0.4, -0.2) is 19.8 Å². The molecule has 1 unspecified atom stereocenters.